The fraction of sp³-hybridized carbons (Fsp3) is 0.385. The third-order valence-electron chi connectivity index (χ3n) is 2.27. The molecule has 0 atom stereocenters. The summed E-state index contributed by atoms with van der Waals surface area (Å²) in [6, 6.07) is 9.12. The molecular weight excluding hydrogens is 248 g/mol. The molecule has 1 amide bonds. The lowest BCUT2D eigenvalue weighted by atomic mass is 10.2. The van der Waals surface area contributed by atoms with Crippen LogP contribution in [-0.2, 0) is 4.79 Å². The molecule has 0 aromatic heterocycles. The van der Waals surface area contributed by atoms with E-state index in [4.69, 9.17) is 5.73 Å². The minimum atomic E-state index is -0.00629. The third kappa shape index (κ3) is 5.84. The summed E-state index contributed by atoms with van der Waals surface area (Å²) in [5, 5.41) is 2.79. The summed E-state index contributed by atoms with van der Waals surface area (Å²) in [7, 11) is 0. The van der Waals surface area contributed by atoms with Crippen LogP contribution in [-0.4, -0.2) is 29.9 Å². The lowest BCUT2D eigenvalue weighted by Gasteiger charge is -2.04. The van der Waals surface area contributed by atoms with Crippen LogP contribution in [0, 0.1) is 0 Å². The van der Waals surface area contributed by atoms with Crippen LogP contribution >= 0.6 is 11.8 Å². The topological polar surface area (TPSA) is 72.2 Å². The molecule has 0 saturated carbocycles. The summed E-state index contributed by atoms with van der Waals surface area (Å²) in [6.07, 6.45) is 1.15. The number of benzene rings is 1. The van der Waals surface area contributed by atoms with Crippen molar-refractivity contribution in [3.05, 3.63) is 35.9 Å². The highest BCUT2D eigenvalue weighted by Crippen LogP contribution is 2.11. The van der Waals surface area contributed by atoms with Crippen LogP contribution in [0.15, 0.2) is 30.3 Å². The van der Waals surface area contributed by atoms with Gasteiger partial charge < -0.3 is 11.1 Å². The molecule has 0 unspecified atom stereocenters. The number of rotatable bonds is 7. The van der Waals surface area contributed by atoms with E-state index in [0.717, 1.165) is 0 Å². The van der Waals surface area contributed by atoms with Crippen LogP contribution in [0.4, 0.5) is 0 Å². The van der Waals surface area contributed by atoms with Crippen LogP contribution in [0.25, 0.3) is 0 Å². The Kier molecular flexibility index (Phi) is 7.13. The molecule has 3 N–H and O–H groups in total. The molecule has 0 aliphatic heterocycles. The van der Waals surface area contributed by atoms with Crippen molar-refractivity contribution in [3.8, 4) is 0 Å². The SMILES string of the molecule is NCCCC(=O)NCCSC(=O)c1ccccc1. The Bertz CT molecular complexity index is 382. The highest BCUT2D eigenvalue weighted by Gasteiger charge is 2.05. The lowest BCUT2D eigenvalue weighted by Crippen LogP contribution is -2.26. The van der Waals surface area contributed by atoms with E-state index < -0.39 is 0 Å². The summed E-state index contributed by atoms with van der Waals surface area (Å²) in [6.45, 7) is 1.03. The maximum absolute atomic E-state index is 11.7. The van der Waals surface area contributed by atoms with Crippen molar-refractivity contribution in [3.63, 3.8) is 0 Å². The Morgan fingerprint density at radius 1 is 1.22 bits per heavy atom. The van der Waals surface area contributed by atoms with Crippen LogP contribution in [0.1, 0.15) is 23.2 Å². The van der Waals surface area contributed by atoms with Gasteiger partial charge in [0.25, 0.3) is 0 Å². The molecule has 1 aromatic carbocycles. The lowest BCUT2D eigenvalue weighted by molar-refractivity contribution is -0.121. The first-order valence-corrected chi connectivity index (χ1v) is 6.91. The molecule has 0 radical (unpaired) electrons. The summed E-state index contributed by atoms with van der Waals surface area (Å²) < 4.78 is 0. The molecule has 0 aliphatic rings. The van der Waals surface area contributed by atoms with E-state index in [2.05, 4.69) is 5.32 Å². The number of carbonyl (C=O) groups is 2. The van der Waals surface area contributed by atoms with E-state index in [-0.39, 0.29) is 11.0 Å². The number of hydrogen-bond acceptors (Lipinski definition) is 4. The summed E-state index contributed by atoms with van der Waals surface area (Å²) in [4.78, 5) is 23.0. The first kappa shape index (κ1) is 14.7. The monoisotopic (exact) mass is 266 g/mol. The Labute approximate surface area is 111 Å². The van der Waals surface area contributed by atoms with Crippen molar-refractivity contribution >= 4 is 22.8 Å². The molecule has 0 fully saturated rings. The fourth-order valence-corrected chi connectivity index (χ4v) is 2.04. The minimum Gasteiger partial charge on any atom is -0.355 e. The number of hydrogen-bond donors (Lipinski definition) is 2. The number of amides is 1. The maximum atomic E-state index is 11.7. The van der Waals surface area contributed by atoms with Crippen molar-refractivity contribution in [1.29, 1.82) is 0 Å². The zero-order valence-electron chi connectivity index (χ0n) is 10.2. The molecule has 0 aliphatic carbocycles. The summed E-state index contributed by atoms with van der Waals surface area (Å²) >= 11 is 1.22. The molecule has 98 valence electrons. The highest BCUT2D eigenvalue weighted by molar-refractivity contribution is 8.14. The van der Waals surface area contributed by atoms with Gasteiger partial charge in [0.2, 0.25) is 11.0 Å². The first-order valence-electron chi connectivity index (χ1n) is 5.93. The van der Waals surface area contributed by atoms with Crippen molar-refractivity contribution in [2.24, 2.45) is 5.73 Å². The van der Waals surface area contributed by atoms with E-state index in [1.807, 2.05) is 18.2 Å². The van der Waals surface area contributed by atoms with E-state index in [1.54, 1.807) is 12.1 Å². The van der Waals surface area contributed by atoms with Gasteiger partial charge in [0.1, 0.15) is 0 Å². The van der Waals surface area contributed by atoms with Gasteiger partial charge in [-0.1, -0.05) is 42.1 Å². The van der Waals surface area contributed by atoms with Crippen LogP contribution < -0.4 is 11.1 Å². The van der Waals surface area contributed by atoms with Gasteiger partial charge >= 0.3 is 0 Å². The molecule has 0 bridgehead atoms. The molecule has 0 saturated heterocycles. The molecule has 1 aromatic rings. The molecule has 18 heavy (non-hydrogen) atoms. The van der Waals surface area contributed by atoms with Gasteiger partial charge in [0.05, 0.1) is 0 Å². The first-order chi connectivity index (χ1) is 8.74. The average molecular weight is 266 g/mol. The Balaban J connectivity index is 2.15. The smallest absolute Gasteiger partial charge is 0.220 e. The van der Waals surface area contributed by atoms with Crippen LogP contribution in [0.2, 0.25) is 0 Å². The van der Waals surface area contributed by atoms with Gasteiger partial charge in [0, 0.05) is 24.3 Å². The third-order valence-corrected chi connectivity index (χ3v) is 3.18. The van der Waals surface area contributed by atoms with Crippen LogP contribution in [0.5, 0.6) is 0 Å². The van der Waals surface area contributed by atoms with E-state index >= 15 is 0 Å². The molecule has 0 heterocycles. The molecule has 1 rings (SSSR count). The van der Waals surface area contributed by atoms with Crippen molar-refractivity contribution < 1.29 is 9.59 Å². The largest absolute Gasteiger partial charge is 0.355 e. The fourth-order valence-electron chi connectivity index (χ4n) is 1.34. The number of thioether (sulfide) groups is 1. The van der Waals surface area contributed by atoms with Gasteiger partial charge in [-0.15, -0.1) is 0 Å². The summed E-state index contributed by atoms with van der Waals surface area (Å²) in [5.41, 5.74) is 6.00. The quantitative estimate of drug-likeness (QED) is 0.732. The Morgan fingerprint density at radius 2 is 1.94 bits per heavy atom. The van der Waals surface area contributed by atoms with Gasteiger partial charge in [-0.3, -0.25) is 9.59 Å². The molecule has 0 spiro atoms. The normalized spacial score (nSPS) is 10.1. The van der Waals surface area contributed by atoms with Gasteiger partial charge in [-0.25, -0.2) is 0 Å². The Hall–Kier alpha value is -1.33. The molecule has 4 nitrogen and oxygen atoms in total. The predicted molar refractivity (Wildman–Crippen MR) is 74.5 cm³/mol. The highest BCUT2D eigenvalue weighted by atomic mass is 32.2. The predicted octanol–water partition coefficient (Wildman–Crippen LogP) is 1.42. The Morgan fingerprint density at radius 3 is 2.61 bits per heavy atom. The molecule has 5 heteroatoms. The van der Waals surface area contributed by atoms with Gasteiger partial charge in [-0.2, -0.15) is 0 Å². The minimum absolute atomic E-state index is 0.00629. The van der Waals surface area contributed by atoms with E-state index in [9.17, 15) is 9.59 Å². The molecular formula is C13H18N2O2S. The van der Waals surface area contributed by atoms with Gasteiger partial charge in [0.15, 0.2) is 0 Å². The number of nitrogens with one attached hydrogen (secondary N) is 1. The van der Waals surface area contributed by atoms with E-state index in [1.165, 1.54) is 11.8 Å². The zero-order valence-corrected chi connectivity index (χ0v) is 11.0. The summed E-state index contributed by atoms with van der Waals surface area (Å²) in [5.74, 6) is 0.579. The second-order valence-corrected chi connectivity index (χ2v) is 4.81. The van der Waals surface area contributed by atoms with Crippen molar-refractivity contribution in [2.75, 3.05) is 18.8 Å². The second-order valence-electron chi connectivity index (χ2n) is 3.74. The number of nitrogens with two attached hydrogens (primary N) is 1. The van der Waals surface area contributed by atoms with Crippen molar-refractivity contribution in [1.82, 2.24) is 5.32 Å². The number of carbonyl (C=O) groups excluding carboxylic acids is 2. The average Bonchev–Trinajstić information content (AvgIpc) is 2.42. The van der Waals surface area contributed by atoms with Crippen LogP contribution in [0.3, 0.4) is 0 Å². The van der Waals surface area contributed by atoms with Crippen molar-refractivity contribution in [2.45, 2.75) is 12.8 Å². The standard InChI is InChI=1S/C13H18N2O2S/c14-8-4-7-12(16)15-9-10-18-13(17)11-5-2-1-3-6-11/h1-3,5-6H,4,7-10,14H2,(H,15,16). The maximum Gasteiger partial charge on any atom is 0.220 e. The second kappa shape index (κ2) is 8.72. The van der Waals surface area contributed by atoms with Gasteiger partial charge in [-0.05, 0) is 13.0 Å². The zero-order chi connectivity index (χ0) is 13.2. The van der Waals surface area contributed by atoms with E-state index in [0.29, 0.717) is 37.2 Å².